The molecule has 4 aromatic rings. The summed E-state index contributed by atoms with van der Waals surface area (Å²) in [6, 6.07) is 20.7. The Kier molecular flexibility index (Phi) is 3.06. The molecule has 0 radical (unpaired) electrons. The molecule has 0 aliphatic heterocycles. The van der Waals surface area contributed by atoms with Gasteiger partial charge in [0, 0.05) is 0 Å². The monoisotopic (exact) mass is 384 g/mol. The summed E-state index contributed by atoms with van der Waals surface area (Å²) in [6.07, 6.45) is 3.24. The van der Waals surface area contributed by atoms with Crippen molar-refractivity contribution in [1.29, 1.82) is 0 Å². The Bertz CT molecular complexity index is 1240. The van der Waals surface area contributed by atoms with Crippen molar-refractivity contribution in [3.8, 4) is 33.4 Å². The largest absolute Gasteiger partial charge is 0.0614 e. The molecule has 0 N–H and O–H groups in total. The SMILES string of the molecule is Cc1cccc2c1Cc1c-2c2c(c3c1-c1cccc(C)c1C3)-c1cccc(C)c1C2. The van der Waals surface area contributed by atoms with Crippen molar-refractivity contribution in [3.63, 3.8) is 0 Å². The van der Waals surface area contributed by atoms with Crippen LogP contribution in [0.3, 0.4) is 0 Å². The molecule has 0 fully saturated rings. The van der Waals surface area contributed by atoms with E-state index in [2.05, 4.69) is 75.4 Å². The van der Waals surface area contributed by atoms with Crippen molar-refractivity contribution in [2.75, 3.05) is 0 Å². The van der Waals surface area contributed by atoms with E-state index >= 15 is 0 Å². The smallest absolute Gasteiger partial charge is 0.000444 e. The van der Waals surface area contributed by atoms with Gasteiger partial charge in [-0.15, -0.1) is 0 Å². The van der Waals surface area contributed by atoms with Crippen LogP contribution in [0.1, 0.15) is 50.1 Å². The topological polar surface area (TPSA) is 0 Å². The fourth-order valence-corrected chi connectivity index (χ4v) is 6.47. The Hall–Kier alpha value is -3.12. The summed E-state index contributed by atoms with van der Waals surface area (Å²) in [6.45, 7) is 6.84. The molecule has 0 spiro atoms. The molecule has 0 unspecified atom stereocenters. The molecule has 0 heteroatoms. The van der Waals surface area contributed by atoms with E-state index in [1.807, 2.05) is 0 Å². The predicted octanol–water partition coefficient (Wildman–Crippen LogP) is 7.33. The summed E-state index contributed by atoms with van der Waals surface area (Å²) >= 11 is 0. The number of rotatable bonds is 0. The van der Waals surface area contributed by atoms with E-state index in [0.29, 0.717) is 0 Å². The van der Waals surface area contributed by atoms with Gasteiger partial charge in [0.1, 0.15) is 0 Å². The lowest BCUT2D eigenvalue weighted by atomic mass is 9.86. The average Bonchev–Trinajstić information content (AvgIpc) is 3.40. The first-order chi connectivity index (χ1) is 14.6. The van der Waals surface area contributed by atoms with Gasteiger partial charge in [0.05, 0.1) is 0 Å². The second kappa shape index (κ2) is 5.52. The third-order valence-electron chi connectivity index (χ3n) is 7.91. The quantitative estimate of drug-likeness (QED) is 0.257. The summed E-state index contributed by atoms with van der Waals surface area (Å²) in [7, 11) is 0. The van der Waals surface area contributed by atoms with E-state index in [1.165, 1.54) is 50.1 Å². The Balaban J connectivity index is 1.65. The molecule has 4 aromatic carbocycles. The average molecular weight is 385 g/mol. The third kappa shape index (κ3) is 1.88. The van der Waals surface area contributed by atoms with Gasteiger partial charge in [-0.1, -0.05) is 54.6 Å². The van der Waals surface area contributed by atoms with Crippen LogP contribution in [0.15, 0.2) is 54.6 Å². The van der Waals surface area contributed by atoms with E-state index in [0.717, 1.165) is 19.3 Å². The summed E-state index contributed by atoms with van der Waals surface area (Å²) in [5, 5.41) is 0. The van der Waals surface area contributed by atoms with Crippen LogP contribution in [0.5, 0.6) is 0 Å². The normalized spacial score (nSPS) is 14.1. The molecular weight excluding hydrogens is 360 g/mol. The van der Waals surface area contributed by atoms with Crippen LogP contribution in [0.25, 0.3) is 33.4 Å². The fraction of sp³-hybridized carbons (Fsp3) is 0.200. The van der Waals surface area contributed by atoms with Gasteiger partial charge in [0.25, 0.3) is 0 Å². The molecule has 30 heavy (non-hydrogen) atoms. The number of benzene rings is 4. The van der Waals surface area contributed by atoms with Crippen LogP contribution in [-0.4, -0.2) is 0 Å². The summed E-state index contributed by atoms with van der Waals surface area (Å²) in [5.41, 5.74) is 22.8. The molecule has 0 amide bonds. The maximum absolute atomic E-state index is 2.36. The molecule has 0 aromatic heterocycles. The van der Waals surface area contributed by atoms with Gasteiger partial charge in [0.2, 0.25) is 0 Å². The molecular formula is C30H24. The van der Waals surface area contributed by atoms with Crippen molar-refractivity contribution in [2.24, 2.45) is 0 Å². The summed E-state index contributed by atoms with van der Waals surface area (Å²) < 4.78 is 0. The van der Waals surface area contributed by atoms with Crippen LogP contribution in [0.2, 0.25) is 0 Å². The maximum atomic E-state index is 2.36. The highest BCUT2D eigenvalue weighted by Crippen LogP contribution is 2.57. The number of hydrogen-bond acceptors (Lipinski definition) is 0. The first-order valence-electron chi connectivity index (χ1n) is 11.1. The molecule has 144 valence electrons. The maximum Gasteiger partial charge on any atom is -0.000444 e. The van der Waals surface area contributed by atoms with Crippen LogP contribution < -0.4 is 0 Å². The predicted molar refractivity (Wildman–Crippen MR) is 125 cm³/mol. The minimum absolute atomic E-state index is 1.08. The number of hydrogen-bond donors (Lipinski definition) is 0. The lowest BCUT2D eigenvalue weighted by Crippen LogP contribution is -1.97. The molecule has 0 saturated carbocycles. The van der Waals surface area contributed by atoms with Gasteiger partial charge in [-0.05, 0) is 123 Å². The molecule has 0 atom stereocenters. The second-order valence-corrected chi connectivity index (χ2v) is 9.39. The van der Waals surface area contributed by atoms with Crippen LogP contribution in [-0.2, 0) is 19.3 Å². The Labute approximate surface area is 178 Å². The van der Waals surface area contributed by atoms with Crippen molar-refractivity contribution in [3.05, 3.63) is 105 Å². The van der Waals surface area contributed by atoms with E-state index in [4.69, 9.17) is 0 Å². The van der Waals surface area contributed by atoms with Crippen LogP contribution in [0.4, 0.5) is 0 Å². The van der Waals surface area contributed by atoms with Crippen molar-refractivity contribution in [1.82, 2.24) is 0 Å². The number of aryl methyl sites for hydroxylation is 3. The molecule has 0 bridgehead atoms. The molecule has 0 nitrogen and oxygen atoms in total. The third-order valence-corrected chi connectivity index (χ3v) is 7.91. The van der Waals surface area contributed by atoms with E-state index in [1.54, 1.807) is 33.4 Å². The summed E-state index contributed by atoms with van der Waals surface area (Å²) in [5.74, 6) is 0. The van der Waals surface area contributed by atoms with Gasteiger partial charge in [-0.2, -0.15) is 0 Å². The van der Waals surface area contributed by atoms with Gasteiger partial charge in [-0.3, -0.25) is 0 Å². The van der Waals surface area contributed by atoms with Crippen LogP contribution in [0, 0.1) is 20.8 Å². The zero-order valence-electron chi connectivity index (χ0n) is 17.8. The molecule has 0 saturated heterocycles. The standard InChI is InChI=1S/C30H24/c1-16-7-4-10-19-22(16)13-25-28(19)26-14-23-17(2)9-6-12-21(23)30(26)27-15-24-18(3)8-5-11-20(24)29(25)27/h4-12H,13-15H2,1-3H3. The molecule has 7 rings (SSSR count). The highest BCUT2D eigenvalue weighted by atomic mass is 14.4. The molecule has 3 aliphatic carbocycles. The van der Waals surface area contributed by atoms with Gasteiger partial charge >= 0.3 is 0 Å². The first kappa shape index (κ1) is 16.7. The highest BCUT2D eigenvalue weighted by molar-refractivity contribution is 6.01. The van der Waals surface area contributed by atoms with E-state index < -0.39 is 0 Å². The number of fused-ring (bicyclic) bond motifs is 12. The first-order valence-corrected chi connectivity index (χ1v) is 11.1. The van der Waals surface area contributed by atoms with E-state index in [9.17, 15) is 0 Å². The van der Waals surface area contributed by atoms with Gasteiger partial charge in [-0.25, -0.2) is 0 Å². The summed E-state index contributed by atoms with van der Waals surface area (Å²) in [4.78, 5) is 0. The fourth-order valence-electron chi connectivity index (χ4n) is 6.47. The minimum Gasteiger partial charge on any atom is -0.0614 e. The second-order valence-electron chi connectivity index (χ2n) is 9.39. The van der Waals surface area contributed by atoms with Gasteiger partial charge in [0.15, 0.2) is 0 Å². The van der Waals surface area contributed by atoms with Crippen LogP contribution >= 0.6 is 0 Å². The van der Waals surface area contributed by atoms with Gasteiger partial charge < -0.3 is 0 Å². The lowest BCUT2D eigenvalue weighted by molar-refractivity contribution is 1.18. The Morgan fingerprint density at radius 1 is 0.400 bits per heavy atom. The highest BCUT2D eigenvalue weighted by Gasteiger charge is 2.37. The lowest BCUT2D eigenvalue weighted by Gasteiger charge is -2.17. The van der Waals surface area contributed by atoms with Crippen molar-refractivity contribution >= 4 is 0 Å². The van der Waals surface area contributed by atoms with E-state index in [-0.39, 0.29) is 0 Å². The minimum atomic E-state index is 1.08. The molecule has 0 heterocycles. The van der Waals surface area contributed by atoms with Crippen molar-refractivity contribution in [2.45, 2.75) is 40.0 Å². The Morgan fingerprint density at radius 2 is 0.700 bits per heavy atom. The zero-order chi connectivity index (χ0) is 20.1. The Morgan fingerprint density at radius 3 is 1.00 bits per heavy atom. The molecule has 3 aliphatic rings. The van der Waals surface area contributed by atoms with Crippen molar-refractivity contribution < 1.29 is 0 Å². The zero-order valence-corrected chi connectivity index (χ0v) is 17.8.